The number of aliphatic hydroxyl groups is 1. The molecular weight excluding hydrogens is 192 g/mol. The zero-order valence-electron chi connectivity index (χ0n) is 8.39. The summed E-state index contributed by atoms with van der Waals surface area (Å²) < 4.78 is 0. The maximum absolute atomic E-state index is 11.2. The largest absolute Gasteiger partial charge is 0.481 e. The second kappa shape index (κ2) is 3.66. The fraction of sp³-hybridized carbons (Fsp3) is 0.417. The maximum Gasteiger partial charge on any atom is 0.313 e. The Labute approximate surface area is 88.4 Å². The van der Waals surface area contributed by atoms with Gasteiger partial charge in [-0.1, -0.05) is 30.3 Å². The van der Waals surface area contributed by atoms with Crippen LogP contribution in [0.25, 0.3) is 0 Å². The van der Waals surface area contributed by atoms with E-state index in [1.54, 1.807) is 24.3 Å². The lowest BCUT2D eigenvalue weighted by atomic mass is 9.69. The van der Waals surface area contributed by atoms with Crippen molar-refractivity contribution < 1.29 is 15.0 Å². The topological polar surface area (TPSA) is 57.5 Å². The van der Waals surface area contributed by atoms with E-state index in [4.69, 9.17) is 5.11 Å². The van der Waals surface area contributed by atoms with Crippen LogP contribution in [0.5, 0.6) is 0 Å². The van der Waals surface area contributed by atoms with Crippen LogP contribution in [0.1, 0.15) is 30.7 Å². The minimum absolute atomic E-state index is 0.582. The van der Waals surface area contributed by atoms with Gasteiger partial charge in [-0.25, -0.2) is 0 Å². The molecule has 1 atom stereocenters. The summed E-state index contributed by atoms with van der Waals surface area (Å²) in [6.45, 7) is 0. The molecule has 1 aromatic rings. The lowest BCUT2D eigenvalue weighted by Crippen LogP contribution is -2.46. The fourth-order valence-electron chi connectivity index (χ4n) is 2.16. The summed E-state index contributed by atoms with van der Waals surface area (Å²) in [6, 6.07) is 8.96. The molecule has 1 saturated carbocycles. The molecule has 1 aromatic carbocycles. The molecule has 15 heavy (non-hydrogen) atoms. The van der Waals surface area contributed by atoms with E-state index in [1.807, 2.05) is 6.07 Å². The van der Waals surface area contributed by atoms with Gasteiger partial charge < -0.3 is 10.2 Å². The van der Waals surface area contributed by atoms with Crippen LogP contribution in [0.15, 0.2) is 30.3 Å². The van der Waals surface area contributed by atoms with E-state index in [2.05, 4.69) is 0 Å². The number of hydrogen-bond donors (Lipinski definition) is 2. The van der Waals surface area contributed by atoms with E-state index >= 15 is 0 Å². The molecule has 1 fully saturated rings. The third-order valence-electron chi connectivity index (χ3n) is 3.14. The smallest absolute Gasteiger partial charge is 0.313 e. The molecule has 3 heteroatoms. The molecule has 0 heterocycles. The zero-order chi connectivity index (χ0) is 10.9. The van der Waals surface area contributed by atoms with Gasteiger partial charge >= 0.3 is 5.97 Å². The van der Waals surface area contributed by atoms with Crippen LogP contribution >= 0.6 is 0 Å². The van der Waals surface area contributed by atoms with Gasteiger partial charge in [0, 0.05) is 0 Å². The van der Waals surface area contributed by atoms with E-state index < -0.39 is 17.5 Å². The Bertz CT molecular complexity index is 354. The predicted molar refractivity (Wildman–Crippen MR) is 55.6 cm³/mol. The van der Waals surface area contributed by atoms with E-state index in [0.29, 0.717) is 18.4 Å². The number of hydrogen-bond acceptors (Lipinski definition) is 2. The average Bonchev–Trinajstić information content (AvgIpc) is 2.16. The Balaban J connectivity index is 2.32. The molecule has 80 valence electrons. The summed E-state index contributed by atoms with van der Waals surface area (Å²) >= 11 is 0. The summed E-state index contributed by atoms with van der Waals surface area (Å²) in [4.78, 5) is 11.2. The van der Waals surface area contributed by atoms with Crippen LogP contribution in [0.2, 0.25) is 0 Å². The third kappa shape index (κ3) is 1.75. The SMILES string of the molecule is O=C(O)[C@@H](c1ccccc1)C1(O)CCC1. The van der Waals surface area contributed by atoms with E-state index in [-0.39, 0.29) is 0 Å². The first-order chi connectivity index (χ1) is 7.13. The first-order valence-electron chi connectivity index (χ1n) is 5.14. The van der Waals surface area contributed by atoms with Gasteiger partial charge in [0.2, 0.25) is 0 Å². The summed E-state index contributed by atoms with van der Waals surface area (Å²) in [5.41, 5.74) is -0.347. The normalized spacial score (nSPS) is 20.3. The van der Waals surface area contributed by atoms with Crippen molar-refractivity contribution in [1.82, 2.24) is 0 Å². The highest BCUT2D eigenvalue weighted by molar-refractivity contribution is 5.78. The Morgan fingerprint density at radius 3 is 2.27 bits per heavy atom. The van der Waals surface area contributed by atoms with Crippen molar-refractivity contribution in [3.05, 3.63) is 35.9 Å². The predicted octanol–water partition coefficient (Wildman–Crippen LogP) is 1.77. The highest BCUT2D eigenvalue weighted by atomic mass is 16.4. The first kappa shape index (κ1) is 10.2. The van der Waals surface area contributed by atoms with Gasteiger partial charge in [-0.2, -0.15) is 0 Å². The molecule has 0 amide bonds. The summed E-state index contributed by atoms with van der Waals surface area (Å²) in [5.74, 6) is -1.73. The lowest BCUT2D eigenvalue weighted by Gasteiger charge is -2.41. The van der Waals surface area contributed by atoms with Crippen LogP contribution in [0.4, 0.5) is 0 Å². The molecule has 0 spiro atoms. The molecule has 0 saturated heterocycles. The molecule has 3 nitrogen and oxygen atoms in total. The summed E-state index contributed by atoms with van der Waals surface area (Å²) in [7, 11) is 0. The fourth-order valence-corrected chi connectivity index (χ4v) is 2.16. The molecule has 2 rings (SSSR count). The van der Waals surface area contributed by atoms with E-state index in [9.17, 15) is 9.90 Å². The zero-order valence-corrected chi connectivity index (χ0v) is 8.39. The van der Waals surface area contributed by atoms with Crippen molar-refractivity contribution in [3.8, 4) is 0 Å². The molecule has 1 aliphatic rings. The first-order valence-corrected chi connectivity index (χ1v) is 5.14. The number of rotatable bonds is 3. The van der Waals surface area contributed by atoms with Crippen LogP contribution in [-0.4, -0.2) is 21.8 Å². The van der Waals surface area contributed by atoms with Crippen molar-refractivity contribution in [2.24, 2.45) is 0 Å². The van der Waals surface area contributed by atoms with E-state index in [1.165, 1.54) is 0 Å². The summed E-state index contributed by atoms with van der Waals surface area (Å²) in [5, 5.41) is 19.3. The van der Waals surface area contributed by atoms with Crippen molar-refractivity contribution in [2.75, 3.05) is 0 Å². The highest BCUT2D eigenvalue weighted by Gasteiger charge is 2.46. The monoisotopic (exact) mass is 206 g/mol. The minimum Gasteiger partial charge on any atom is -0.481 e. The van der Waals surface area contributed by atoms with Gasteiger partial charge in [-0.05, 0) is 24.8 Å². The van der Waals surface area contributed by atoms with Gasteiger partial charge in [0.25, 0.3) is 0 Å². The molecule has 0 bridgehead atoms. The number of carboxylic acids is 1. The number of aliphatic carboxylic acids is 1. The Hall–Kier alpha value is -1.35. The lowest BCUT2D eigenvalue weighted by molar-refractivity contribution is -0.151. The van der Waals surface area contributed by atoms with Gasteiger partial charge in [0.05, 0.1) is 5.60 Å². The molecule has 1 aliphatic carbocycles. The van der Waals surface area contributed by atoms with Crippen LogP contribution < -0.4 is 0 Å². The molecular formula is C12H14O3. The molecule has 0 aromatic heterocycles. The standard InChI is InChI=1S/C12H14O3/c13-11(14)10(12(15)7-4-8-12)9-5-2-1-3-6-9/h1-3,5-6,10,15H,4,7-8H2,(H,13,14)/t10-/m1/s1. The van der Waals surface area contributed by atoms with E-state index in [0.717, 1.165) is 6.42 Å². The van der Waals surface area contributed by atoms with Crippen molar-refractivity contribution in [3.63, 3.8) is 0 Å². The maximum atomic E-state index is 11.2. The third-order valence-corrected chi connectivity index (χ3v) is 3.14. The van der Waals surface area contributed by atoms with Gasteiger partial charge in [0.1, 0.15) is 5.92 Å². The Morgan fingerprint density at radius 1 is 1.27 bits per heavy atom. The average molecular weight is 206 g/mol. The molecule has 0 unspecified atom stereocenters. The van der Waals surface area contributed by atoms with Crippen molar-refractivity contribution in [2.45, 2.75) is 30.8 Å². The van der Waals surface area contributed by atoms with Gasteiger partial charge in [0.15, 0.2) is 0 Å². The molecule has 0 aliphatic heterocycles. The van der Waals surface area contributed by atoms with Gasteiger partial charge in [-0.15, -0.1) is 0 Å². The minimum atomic E-state index is -1.03. The Morgan fingerprint density at radius 2 is 1.87 bits per heavy atom. The van der Waals surface area contributed by atoms with Crippen LogP contribution in [0.3, 0.4) is 0 Å². The Kier molecular flexibility index (Phi) is 2.49. The second-order valence-electron chi connectivity index (χ2n) is 4.14. The number of carbonyl (C=O) groups is 1. The second-order valence-corrected chi connectivity index (χ2v) is 4.14. The number of carboxylic acid groups (broad SMARTS) is 1. The number of benzene rings is 1. The van der Waals surface area contributed by atoms with Crippen LogP contribution in [0, 0.1) is 0 Å². The molecule has 2 N–H and O–H groups in total. The van der Waals surface area contributed by atoms with Crippen molar-refractivity contribution >= 4 is 5.97 Å². The highest BCUT2D eigenvalue weighted by Crippen LogP contribution is 2.43. The van der Waals surface area contributed by atoms with Crippen molar-refractivity contribution in [1.29, 1.82) is 0 Å². The van der Waals surface area contributed by atoms with Gasteiger partial charge in [-0.3, -0.25) is 4.79 Å². The van der Waals surface area contributed by atoms with Crippen LogP contribution in [-0.2, 0) is 4.79 Å². The molecule has 0 radical (unpaired) electrons. The quantitative estimate of drug-likeness (QED) is 0.792. The summed E-state index contributed by atoms with van der Waals surface area (Å²) in [6.07, 6.45) is 2.07.